The Balaban J connectivity index is 3.14. The molecule has 5 heteroatoms. The van der Waals surface area contributed by atoms with Crippen molar-refractivity contribution in [3.8, 4) is 5.75 Å². The summed E-state index contributed by atoms with van der Waals surface area (Å²) in [6, 6.07) is 4.04. The first kappa shape index (κ1) is 14.4. The highest BCUT2D eigenvalue weighted by Crippen LogP contribution is 2.30. The summed E-state index contributed by atoms with van der Waals surface area (Å²) in [5.41, 5.74) is 5.26. The topological polar surface area (TPSA) is 55.6 Å². The number of halogens is 1. The molecular weight excluding hydrogens is 235 g/mol. The molecule has 18 heavy (non-hydrogen) atoms. The Morgan fingerprint density at radius 2 is 2.11 bits per heavy atom. The molecule has 0 aliphatic rings. The Morgan fingerprint density at radius 1 is 1.50 bits per heavy atom. The van der Waals surface area contributed by atoms with Crippen molar-refractivity contribution in [1.29, 1.82) is 0 Å². The van der Waals surface area contributed by atoms with Crippen LogP contribution in [0.15, 0.2) is 18.2 Å². The van der Waals surface area contributed by atoms with Gasteiger partial charge in [-0.3, -0.25) is 4.79 Å². The van der Waals surface area contributed by atoms with Crippen LogP contribution in [0.5, 0.6) is 5.75 Å². The number of methoxy groups -OCH3 is 1. The van der Waals surface area contributed by atoms with Gasteiger partial charge in [-0.05, 0) is 26.0 Å². The molecule has 0 aliphatic heterocycles. The molecule has 1 rings (SSSR count). The molecule has 0 saturated heterocycles. The van der Waals surface area contributed by atoms with Crippen LogP contribution in [0.1, 0.15) is 13.8 Å². The molecule has 0 atom stereocenters. The lowest BCUT2D eigenvalue weighted by atomic mass is 9.92. The van der Waals surface area contributed by atoms with Gasteiger partial charge < -0.3 is 15.4 Å². The van der Waals surface area contributed by atoms with Gasteiger partial charge in [0.1, 0.15) is 11.6 Å². The Labute approximate surface area is 107 Å². The van der Waals surface area contributed by atoms with Crippen LogP contribution in [0.4, 0.5) is 10.1 Å². The summed E-state index contributed by atoms with van der Waals surface area (Å²) in [7, 11) is 3.06. The molecule has 0 unspecified atom stereocenters. The zero-order valence-corrected chi connectivity index (χ0v) is 11.2. The summed E-state index contributed by atoms with van der Waals surface area (Å²) in [6.07, 6.45) is 0. The number of amides is 1. The van der Waals surface area contributed by atoms with Crippen LogP contribution in [-0.4, -0.2) is 26.6 Å². The summed E-state index contributed by atoms with van der Waals surface area (Å²) in [5.74, 6) is -0.162. The number of hydrogen-bond donors (Lipinski definition) is 1. The van der Waals surface area contributed by atoms with Gasteiger partial charge in [-0.15, -0.1) is 0 Å². The predicted molar refractivity (Wildman–Crippen MR) is 69.2 cm³/mol. The smallest absolute Gasteiger partial charge is 0.233 e. The maximum atomic E-state index is 13.3. The molecule has 1 aromatic rings. The fourth-order valence-electron chi connectivity index (χ4n) is 1.58. The standard InChI is InChI=1S/C13H19FN2O2/c1-13(2,8-15)12(17)16(3)10-7-9(14)5-6-11(10)18-4/h5-7H,8,15H2,1-4H3. The van der Waals surface area contributed by atoms with E-state index in [-0.39, 0.29) is 12.5 Å². The molecule has 0 fully saturated rings. The van der Waals surface area contributed by atoms with Gasteiger partial charge in [-0.1, -0.05) is 0 Å². The number of hydrogen-bond acceptors (Lipinski definition) is 3. The summed E-state index contributed by atoms with van der Waals surface area (Å²) >= 11 is 0. The SMILES string of the molecule is COc1ccc(F)cc1N(C)C(=O)C(C)(C)CN. The summed E-state index contributed by atoms with van der Waals surface area (Å²) in [4.78, 5) is 13.6. The quantitative estimate of drug-likeness (QED) is 0.891. The van der Waals surface area contributed by atoms with Crippen molar-refractivity contribution in [1.82, 2.24) is 0 Å². The lowest BCUT2D eigenvalue weighted by Crippen LogP contribution is -2.43. The molecule has 100 valence electrons. The highest BCUT2D eigenvalue weighted by atomic mass is 19.1. The maximum Gasteiger partial charge on any atom is 0.233 e. The highest BCUT2D eigenvalue weighted by Gasteiger charge is 2.30. The van der Waals surface area contributed by atoms with Crippen LogP contribution >= 0.6 is 0 Å². The Hall–Kier alpha value is -1.62. The van der Waals surface area contributed by atoms with Gasteiger partial charge in [-0.2, -0.15) is 0 Å². The molecule has 0 aromatic heterocycles. The van der Waals surface area contributed by atoms with Crippen molar-refractivity contribution < 1.29 is 13.9 Å². The minimum atomic E-state index is -0.702. The van der Waals surface area contributed by atoms with Gasteiger partial charge in [0.2, 0.25) is 5.91 Å². The van der Waals surface area contributed by atoms with Gasteiger partial charge in [0.25, 0.3) is 0 Å². The number of benzene rings is 1. The first-order valence-electron chi connectivity index (χ1n) is 5.65. The van der Waals surface area contributed by atoms with Gasteiger partial charge in [0, 0.05) is 19.7 Å². The minimum absolute atomic E-state index is 0.186. The zero-order valence-electron chi connectivity index (χ0n) is 11.2. The predicted octanol–water partition coefficient (Wildman–Crippen LogP) is 1.78. The van der Waals surface area contributed by atoms with Crippen LogP contribution < -0.4 is 15.4 Å². The molecule has 0 spiro atoms. The highest BCUT2D eigenvalue weighted by molar-refractivity contribution is 5.98. The van der Waals surface area contributed by atoms with Crippen LogP contribution in [0.2, 0.25) is 0 Å². The molecule has 2 N–H and O–H groups in total. The molecule has 1 amide bonds. The molecule has 0 saturated carbocycles. The fourth-order valence-corrected chi connectivity index (χ4v) is 1.58. The van der Waals surface area contributed by atoms with Crippen molar-refractivity contribution in [3.05, 3.63) is 24.0 Å². The molecule has 0 bridgehead atoms. The Kier molecular flexibility index (Phi) is 4.29. The first-order chi connectivity index (χ1) is 8.33. The summed E-state index contributed by atoms with van der Waals surface area (Å²) in [6.45, 7) is 3.71. The van der Waals surface area contributed by atoms with E-state index in [1.807, 2.05) is 0 Å². The van der Waals surface area contributed by atoms with Crippen LogP contribution in [0.25, 0.3) is 0 Å². The van der Waals surface area contributed by atoms with Gasteiger partial charge >= 0.3 is 0 Å². The third-order valence-corrected chi connectivity index (χ3v) is 2.90. The van der Waals surface area contributed by atoms with E-state index < -0.39 is 11.2 Å². The second kappa shape index (κ2) is 5.35. The fraction of sp³-hybridized carbons (Fsp3) is 0.462. The first-order valence-corrected chi connectivity index (χ1v) is 5.65. The molecule has 0 radical (unpaired) electrons. The molecular formula is C13H19FN2O2. The molecule has 1 aromatic carbocycles. The van der Waals surface area contributed by atoms with E-state index in [4.69, 9.17) is 10.5 Å². The number of nitrogens with zero attached hydrogens (tertiary/aromatic N) is 1. The number of rotatable bonds is 4. The van der Waals surface area contributed by atoms with E-state index in [0.29, 0.717) is 11.4 Å². The second-order valence-electron chi connectivity index (χ2n) is 4.77. The van der Waals surface area contributed by atoms with Gasteiger partial charge in [0.15, 0.2) is 0 Å². The number of carbonyl (C=O) groups is 1. The molecule has 0 aliphatic carbocycles. The maximum absolute atomic E-state index is 13.3. The average molecular weight is 254 g/mol. The Bertz CT molecular complexity index is 447. The normalized spacial score (nSPS) is 11.2. The largest absolute Gasteiger partial charge is 0.495 e. The average Bonchev–Trinajstić information content (AvgIpc) is 2.36. The second-order valence-corrected chi connectivity index (χ2v) is 4.77. The number of nitrogens with two attached hydrogens (primary N) is 1. The van der Waals surface area contributed by atoms with E-state index in [9.17, 15) is 9.18 Å². The zero-order chi connectivity index (χ0) is 13.9. The Morgan fingerprint density at radius 3 is 2.61 bits per heavy atom. The van der Waals surface area contributed by atoms with Crippen LogP contribution in [0.3, 0.4) is 0 Å². The van der Waals surface area contributed by atoms with Crippen molar-refractivity contribution in [2.45, 2.75) is 13.8 Å². The van der Waals surface area contributed by atoms with Crippen LogP contribution in [-0.2, 0) is 4.79 Å². The van der Waals surface area contributed by atoms with E-state index in [2.05, 4.69) is 0 Å². The van der Waals surface area contributed by atoms with Crippen molar-refractivity contribution in [3.63, 3.8) is 0 Å². The van der Waals surface area contributed by atoms with E-state index in [0.717, 1.165) is 0 Å². The van der Waals surface area contributed by atoms with Crippen molar-refractivity contribution in [2.24, 2.45) is 11.1 Å². The molecule has 4 nitrogen and oxygen atoms in total. The number of carbonyl (C=O) groups excluding carboxylic acids is 1. The third-order valence-electron chi connectivity index (χ3n) is 2.90. The van der Waals surface area contributed by atoms with E-state index in [1.165, 1.54) is 30.2 Å². The lowest BCUT2D eigenvalue weighted by molar-refractivity contribution is -0.125. The lowest BCUT2D eigenvalue weighted by Gasteiger charge is -2.29. The number of anilines is 1. The minimum Gasteiger partial charge on any atom is -0.495 e. The van der Waals surface area contributed by atoms with E-state index in [1.54, 1.807) is 20.9 Å². The van der Waals surface area contributed by atoms with Crippen molar-refractivity contribution in [2.75, 3.05) is 25.6 Å². The summed E-state index contributed by atoms with van der Waals surface area (Å²) in [5, 5.41) is 0. The van der Waals surface area contributed by atoms with Gasteiger partial charge in [-0.25, -0.2) is 4.39 Å². The van der Waals surface area contributed by atoms with E-state index >= 15 is 0 Å². The van der Waals surface area contributed by atoms with Crippen molar-refractivity contribution >= 4 is 11.6 Å². The van der Waals surface area contributed by atoms with Crippen LogP contribution in [0, 0.1) is 11.2 Å². The molecule has 0 heterocycles. The summed E-state index contributed by atoms with van der Waals surface area (Å²) < 4.78 is 18.4. The monoisotopic (exact) mass is 254 g/mol. The van der Waals surface area contributed by atoms with Gasteiger partial charge in [0.05, 0.1) is 18.2 Å². The number of ether oxygens (including phenoxy) is 1. The third kappa shape index (κ3) is 2.79.